The van der Waals surface area contributed by atoms with Crippen LogP contribution in [0.3, 0.4) is 0 Å². The number of halogens is 1. The van der Waals surface area contributed by atoms with E-state index in [4.69, 9.17) is 4.74 Å². The molecule has 1 N–H and O–H groups in total. The number of thioether (sulfide) groups is 1. The van der Waals surface area contributed by atoms with Gasteiger partial charge in [0.15, 0.2) is 10.9 Å². The average molecular weight is 559 g/mol. The number of carbonyl (C=O) groups is 1. The van der Waals surface area contributed by atoms with Crippen molar-refractivity contribution in [2.24, 2.45) is 0 Å². The van der Waals surface area contributed by atoms with Gasteiger partial charge >= 0.3 is 0 Å². The summed E-state index contributed by atoms with van der Waals surface area (Å²) in [5.74, 6) is 1.45. The molecule has 0 radical (unpaired) electrons. The van der Waals surface area contributed by atoms with Crippen LogP contribution in [0.2, 0.25) is 0 Å². The fourth-order valence-electron chi connectivity index (χ4n) is 3.31. The van der Waals surface area contributed by atoms with Gasteiger partial charge in [-0.2, -0.15) is 0 Å². The first-order chi connectivity index (χ1) is 17.7. The van der Waals surface area contributed by atoms with E-state index in [0.29, 0.717) is 28.0 Å². The standard InChI is InChI=1S/C26H19BrN6O2S/c27-18-7-11-20(12-8-18)33-23(17-36-26-28-15-4-16-29-26)24(31-32-33)25(34)30-19-9-13-22(14-10-19)35-21-5-2-1-3-6-21/h1-16H,17H2,(H,30,34). The molecule has 0 saturated carbocycles. The zero-order valence-electron chi connectivity index (χ0n) is 18.8. The predicted octanol–water partition coefficient (Wildman–Crippen LogP) is 6.16. The number of carbonyl (C=O) groups excluding carboxylic acids is 1. The number of rotatable bonds is 8. The van der Waals surface area contributed by atoms with E-state index in [1.807, 2.05) is 54.6 Å². The summed E-state index contributed by atoms with van der Waals surface area (Å²) in [5, 5.41) is 12.0. The van der Waals surface area contributed by atoms with Crippen LogP contribution in [0, 0.1) is 0 Å². The molecule has 0 atom stereocenters. The van der Waals surface area contributed by atoms with E-state index >= 15 is 0 Å². The van der Waals surface area contributed by atoms with Crippen molar-refractivity contribution in [3.05, 3.63) is 113 Å². The summed E-state index contributed by atoms with van der Waals surface area (Å²) >= 11 is 4.85. The number of para-hydroxylation sites is 1. The Kier molecular flexibility index (Phi) is 7.34. The first-order valence-corrected chi connectivity index (χ1v) is 12.7. The molecular formula is C26H19BrN6O2S. The lowest BCUT2D eigenvalue weighted by molar-refractivity contribution is 0.102. The molecule has 0 bridgehead atoms. The third kappa shape index (κ3) is 5.78. The summed E-state index contributed by atoms with van der Waals surface area (Å²) in [5.41, 5.74) is 2.27. The Morgan fingerprint density at radius 3 is 2.31 bits per heavy atom. The van der Waals surface area contributed by atoms with E-state index in [1.54, 1.807) is 47.4 Å². The maximum atomic E-state index is 13.2. The second kappa shape index (κ2) is 11.1. The van der Waals surface area contributed by atoms with Gasteiger partial charge in [-0.1, -0.05) is 51.1 Å². The molecule has 0 aliphatic heterocycles. The van der Waals surface area contributed by atoms with Crippen LogP contribution in [0.1, 0.15) is 16.2 Å². The second-order valence-corrected chi connectivity index (χ2v) is 9.34. The first-order valence-electron chi connectivity index (χ1n) is 10.9. The summed E-state index contributed by atoms with van der Waals surface area (Å²) in [6.45, 7) is 0. The Bertz CT molecular complexity index is 1450. The van der Waals surface area contributed by atoms with E-state index in [1.165, 1.54) is 11.8 Å². The molecule has 2 heterocycles. The van der Waals surface area contributed by atoms with E-state index in [0.717, 1.165) is 15.9 Å². The number of ether oxygens (including phenoxy) is 1. The van der Waals surface area contributed by atoms with Crippen LogP contribution in [0.4, 0.5) is 5.69 Å². The highest BCUT2D eigenvalue weighted by Crippen LogP contribution is 2.26. The molecule has 10 heteroatoms. The van der Waals surface area contributed by atoms with Crippen molar-refractivity contribution in [2.45, 2.75) is 10.9 Å². The van der Waals surface area contributed by atoms with Crippen LogP contribution in [-0.2, 0) is 5.75 Å². The molecule has 1 amide bonds. The molecule has 0 spiro atoms. The number of amides is 1. The van der Waals surface area contributed by atoms with Crippen LogP contribution in [0.5, 0.6) is 11.5 Å². The molecule has 5 rings (SSSR count). The van der Waals surface area contributed by atoms with Crippen molar-refractivity contribution >= 4 is 39.3 Å². The third-order valence-electron chi connectivity index (χ3n) is 5.02. The van der Waals surface area contributed by atoms with Crippen molar-refractivity contribution in [2.75, 3.05) is 5.32 Å². The number of anilines is 1. The monoisotopic (exact) mass is 558 g/mol. The number of hydrogen-bond acceptors (Lipinski definition) is 7. The van der Waals surface area contributed by atoms with Gasteiger partial charge in [0.2, 0.25) is 0 Å². The largest absolute Gasteiger partial charge is 0.457 e. The third-order valence-corrected chi connectivity index (χ3v) is 6.44. The number of aromatic nitrogens is 5. The number of hydrogen-bond donors (Lipinski definition) is 1. The van der Waals surface area contributed by atoms with Gasteiger partial charge in [-0.3, -0.25) is 4.79 Å². The summed E-state index contributed by atoms with van der Waals surface area (Å²) < 4.78 is 8.42. The molecule has 0 aliphatic carbocycles. The van der Waals surface area contributed by atoms with Crippen molar-refractivity contribution in [3.8, 4) is 17.2 Å². The predicted molar refractivity (Wildman–Crippen MR) is 142 cm³/mol. The van der Waals surface area contributed by atoms with Crippen molar-refractivity contribution in [1.82, 2.24) is 25.0 Å². The van der Waals surface area contributed by atoms with Gasteiger partial charge in [0.05, 0.1) is 11.4 Å². The lowest BCUT2D eigenvalue weighted by atomic mass is 10.2. The maximum absolute atomic E-state index is 13.2. The van der Waals surface area contributed by atoms with Gasteiger partial charge in [-0.05, 0) is 66.7 Å². The average Bonchev–Trinajstić information content (AvgIpc) is 3.34. The SMILES string of the molecule is O=C(Nc1ccc(Oc2ccccc2)cc1)c1nnn(-c2ccc(Br)cc2)c1CSc1ncccn1. The van der Waals surface area contributed by atoms with Crippen LogP contribution in [0.15, 0.2) is 107 Å². The minimum Gasteiger partial charge on any atom is -0.457 e. The summed E-state index contributed by atoms with van der Waals surface area (Å²) in [6.07, 6.45) is 3.36. The Hall–Kier alpha value is -4.02. The molecule has 178 valence electrons. The summed E-state index contributed by atoms with van der Waals surface area (Å²) in [4.78, 5) is 21.7. The van der Waals surface area contributed by atoms with Crippen molar-refractivity contribution in [1.29, 1.82) is 0 Å². The Morgan fingerprint density at radius 2 is 1.58 bits per heavy atom. The fraction of sp³-hybridized carbons (Fsp3) is 0.0385. The zero-order valence-corrected chi connectivity index (χ0v) is 21.2. The zero-order chi connectivity index (χ0) is 24.7. The minimum atomic E-state index is -0.361. The number of nitrogens with one attached hydrogen (secondary N) is 1. The van der Waals surface area contributed by atoms with E-state index in [2.05, 4.69) is 41.5 Å². The molecule has 5 aromatic rings. The Labute approximate surface area is 219 Å². The number of benzene rings is 3. The quantitative estimate of drug-likeness (QED) is 0.180. The lowest BCUT2D eigenvalue weighted by Gasteiger charge is -2.09. The topological polar surface area (TPSA) is 94.8 Å². The van der Waals surface area contributed by atoms with Crippen LogP contribution >= 0.6 is 27.7 Å². The molecular weight excluding hydrogens is 540 g/mol. The second-order valence-electron chi connectivity index (χ2n) is 7.49. The van der Waals surface area contributed by atoms with Gasteiger partial charge in [-0.25, -0.2) is 14.6 Å². The molecule has 0 saturated heterocycles. The van der Waals surface area contributed by atoms with Gasteiger partial charge in [-0.15, -0.1) is 5.10 Å². The number of nitrogens with zero attached hydrogens (tertiary/aromatic N) is 5. The van der Waals surface area contributed by atoms with Crippen LogP contribution in [-0.4, -0.2) is 30.9 Å². The van der Waals surface area contributed by atoms with Crippen LogP contribution in [0.25, 0.3) is 5.69 Å². The molecule has 0 aliphatic rings. The van der Waals surface area contributed by atoms with Gasteiger partial charge in [0.1, 0.15) is 11.5 Å². The van der Waals surface area contributed by atoms with Crippen molar-refractivity contribution < 1.29 is 9.53 Å². The Balaban J connectivity index is 1.36. The normalized spacial score (nSPS) is 10.7. The Morgan fingerprint density at radius 1 is 0.889 bits per heavy atom. The van der Waals surface area contributed by atoms with E-state index in [9.17, 15) is 4.79 Å². The van der Waals surface area contributed by atoms with E-state index < -0.39 is 0 Å². The first kappa shape index (κ1) is 23.7. The smallest absolute Gasteiger partial charge is 0.278 e. The van der Waals surface area contributed by atoms with Crippen LogP contribution < -0.4 is 10.1 Å². The van der Waals surface area contributed by atoms with Gasteiger partial charge in [0.25, 0.3) is 5.91 Å². The fourth-order valence-corrected chi connectivity index (χ4v) is 4.37. The lowest BCUT2D eigenvalue weighted by Crippen LogP contribution is -2.15. The van der Waals surface area contributed by atoms with Crippen molar-refractivity contribution in [3.63, 3.8) is 0 Å². The molecule has 0 unspecified atom stereocenters. The van der Waals surface area contributed by atoms with E-state index in [-0.39, 0.29) is 11.6 Å². The van der Waals surface area contributed by atoms with Gasteiger partial charge in [0, 0.05) is 28.3 Å². The molecule has 36 heavy (non-hydrogen) atoms. The summed E-state index contributed by atoms with van der Waals surface area (Å²) in [7, 11) is 0. The van der Waals surface area contributed by atoms with Gasteiger partial charge < -0.3 is 10.1 Å². The maximum Gasteiger partial charge on any atom is 0.278 e. The molecule has 0 fully saturated rings. The molecule has 2 aromatic heterocycles. The molecule has 3 aromatic carbocycles. The summed E-state index contributed by atoms with van der Waals surface area (Å²) in [6, 6.07) is 26.0. The highest BCUT2D eigenvalue weighted by atomic mass is 79.9. The minimum absolute atomic E-state index is 0.228. The molecule has 8 nitrogen and oxygen atoms in total. The highest BCUT2D eigenvalue weighted by molar-refractivity contribution is 9.10. The highest BCUT2D eigenvalue weighted by Gasteiger charge is 2.21.